The van der Waals surface area contributed by atoms with Crippen LogP contribution in [0.5, 0.6) is 0 Å². The van der Waals surface area contributed by atoms with Crippen LogP contribution in [0, 0.1) is 5.92 Å². The van der Waals surface area contributed by atoms with Gasteiger partial charge in [-0.2, -0.15) is 13.2 Å². The number of carbonyl (C=O) groups is 2. The molecule has 2 aliphatic heterocycles. The Balaban J connectivity index is 1.13. The number of piperidine rings is 2. The van der Waals surface area contributed by atoms with Gasteiger partial charge in [0.2, 0.25) is 5.91 Å². The Morgan fingerprint density at radius 1 is 0.956 bits per heavy atom. The summed E-state index contributed by atoms with van der Waals surface area (Å²) in [7, 11) is 2.01. The van der Waals surface area contributed by atoms with Crippen molar-refractivity contribution in [3.8, 4) is 0 Å². The molecule has 0 bridgehead atoms. The molecule has 2 aromatic heterocycles. The van der Waals surface area contributed by atoms with Crippen molar-refractivity contribution in [1.82, 2.24) is 19.8 Å². The molecule has 14 heteroatoms. The molecule has 10 nitrogen and oxygen atoms in total. The number of rotatable bonds is 10. The van der Waals surface area contributed by atoms with E-state index in [1.807, 2.05) is 17.0 Å². The van der Waals surface area contributed by atoms with E-state index in [1.54, 1.807) is 25.4 Å². The molecule has 0 saturated carbocycles. The van der Waals surface area contributed by atoms with Crippen molar-refractivity contribution < 1.29 is 27.4 Å². The van der Waals surface area contributed by atoms with Crippen LogP contribution in [-0.4, -0.2) is 78.5 Å². The number of pyridine rings is 2. The molecule has 5 rings (SSSR count). The minimum absolute atomic E-state index is 0.0227. The fourth-order valence-corrected chi connectivity index (χ4v) is 5.77. The number of alkyl halides is 3. The molecule has 0 radical (unpaired) electrons. The van der Waals surface area contributed by atoms with Crippen molar-refractivity contribution in [2.75, 3.05) is 49.2 Å². The van der Waals surface area contributed by atoms with Crippen LogP contribution in [0.2, 0.25) is 0 Å². The summed E-state index contributed by atoms with van der Waals surface area (Å²) in [5.41, 5.74) is 0.802. The van der Waals surface area contributed by atoms with Crippen LogP contribution in [0.15, 0.2) is 60.9 Å². The van der Waals surface area contributed by atoms with Crippen LogP contribution in [-0.2, 0) is 22.2 Å². The summed E-state index contributed by atoms with van der Waals surface area (Å²) in [5, 5.41) is 8.99. The Hall–Kier alpha value is -4.17. The first kappa shape index (κ1) is 32.2. The summed E-state index contributed by atoms with van der Waals surface area (Å²) in [6, 6.07) is 12.0. The number of carbonyl (C=O) groups excluding carboxylic acids is 2. The standard InChI is InChI=1S/C31H37BF3N7O3/c1-45-32-40-28-18-21(7-13-37-28)20-41-14-8-22(9-15-41)30(44)42-16-10-24(11-17-42)38-25-6-5-23(31(33,34)35)19-27(25)39-29(43)26-4-2-3-12-36-26/h2-7,12-13,18-19,22,24,32,38H,8-11,14-17,20H2,1H3,(H,37,40)(H,39,43). The monoisotopic (exact) mass is 623 g/mol. The Morgan fingerprint density at radius 2 is 1.73 bits per heavy atom. The van der Waals surface area contributed by atoms with Crippen molar-refractivity contribution >= 4 is 36.6 Å². The van der Waals surface area contributed by atoms with E-state index in [1.165, 1.54) is 18.3 Å². The second-order valence-electron chi connectivity index (χ2n) is 11.4. The van der Waals surface area contributed by atoms with Crippen molar-refractivity contribution in [3.05, 3.63) is 77.7 Å². The third-order valence-corrected chi connectivity index (χ3v) is 8.22. The zero-order valence-corrected chi connectivity index (χ0v) is 25.1. The van der Waals surface area contributed by atoms with Crippen LogP contribution in [0.25, 0.3) is 0 Å². The van der Waals surface area contributed by atoms with E-state index in [0.717, 1.165) is 56.0 Å². The van der Waals surface area contributed by atoms with E-state index in [4.69, 9.17) is 4.65 Å². The lowest BCUT2D eigenvalue weighted by atomic mass is 9.93. The zero-order valence-electron chi connectivity index (χ0n) is 25.1. The van der Waals surface area contributed by atoms with Crippen LogP contribution in [0.4, 0.5) is 30.4 Å². The number of amides is 2. The fraction of sp³-hybridized carbons (Fsp3) is 0.419. The molecule has 2 fully saturated rings. The highest BCUT2D eigenvalue weighted by Crippen LogP contribution is 2.35. The smallest absolute Gasteiger partial charge is 0.416 e. The van der Waals surface area contributed by atoms with E-state index in [0.29, 0.717) is 39.2 Å². The first-order valence-electron chi connectivity index (χ1n) is 15.1. The summed E-state index contributed by atoms with van der Waals surface area (Å²) < 4.78 is 45.5. The van der Waals surface area contributed by atoms with E-state index < -0.39 is 17.6 Å². The number of hydrogen-bond acceptors (Lipinski definition) is 8. The second-order valence-corrected chi connectivity index (χ2v) is 11.4. The summed E-state index contributed by atoms with van der Waals surface area (Å²) in [5.74, 6) is 0.307. The molecule has 2 aliphatic rings. The first-order chi connectivity index (χ1) is 21.7. The first-order valence-corrected chi connectivity index (χ1v) is 15.1. The lowest BCUT2D eigenvalue weighted by Gasteiger charge is -2.38. The highest BCUT2D eigenvalue weighted by molar-refractivity contribution is 6.32. The minimum Gasteiger partial charge on any atom is -0.422 e. The van der Waals surface area contributed by atoms with Gasteiger partial charge in [0, 0.05) is 51.1 Å². The van der Waals surface area contributed by atoms with Crippen LogP contribution in [0.1, 0.15) is 47.3 Å². The predicted molar refractivity (Wildman–Crippen MR) is 167 cm³/mol. The van der Waals surface area contributed by atoms with E-state index >= 15 is 0 Å². The Labute approximate surface area is 261 Å². The third kappa shape index (κ3) is 8.73. The fourth-order valence-electron chi connectivity index (χ4n) is 5.77. The van der Waals surface area contributed by atoms with Crippen molar-refractivity contribution in [3.63, 3.8) is 0 Å². The Bertz CT molecular complexity index is 1450. The van der Waals surface area contributed by atoms with E-state index in [2.05, 4.69) is 30.7 Å². The number of halogens is 3. The number of nitrogens with one attached hydrogen (secondary N) is 3. The molecular formula is C31H37BF3N7O3. The van der Waals surface area contributed by atoms with Gasteiger partial charge in [-0.25, -0.2) is 4.98 Å². The maximum absolute atomic E-state index is 13.5. The van der Waals surface area contributed by atoms with Gasteiger partial charge in [0.1, 0.15) is 11.5 Å². The molecule has 0 aliphatic carbocycles. The van der Waals surface area contributed by atoms with Gasteiger partial charge in [0.05, 0.1) is 16.9 Å². The van der Waals surface area contributed by atoms with Gasteiger partial charge < -0.3 is 25.4 Å². The molecule has 45 heavy (non-hydrogen) atoms. The van der Waals surface area contributed by atoms with Gasteiger partial charge in [-0.3, -0.25) is 19.5 Å². The summed E-state index contributed by atoms with van der Waals surface area (Å²) in [6.45, 7) is 3.57. The van der Waals surface area contributed by atoms with Gasteiger partial charge in [-0.05, 0) is 86.8 Å². The van der Waals surface area contributed by atoms with Gasteiger partial charge in [0.15, 0.2) is 0 Å². The average molecular weight is 623 g/mol. The largest absolute Gasteiger partial charge is 0.422 e. The molecule has 0 spiro atoms. The van der Waals surface area contributed by atoms with Gasteiger partial charge in [-0.1, -0.05) is 6.07 Å². The highest BCUT2D eigenvalue weighted by atomic mass is 19.4. The molecule has 238 valence electrons. The lowest BCUT2D eigenvalue weighted by Crippen LogP contribution is -2.47. The van der Waals surface area contributed by atoms with Crippen LogP contribution >= 0.6 is 0 Å². The number of anilines is 3. The number of nitrogens with zero attached hydrogens (tertiary/aromatic N) is 4. The number of benzene rings is 1. The van der Waals surface area contributed by atoms with Gasteiger partial charge in [-0.15, -0.1) is 0 Å². The molecule has 3 aromatic rings. The molecule has 0 atom stereocenters. The average Bonchev–Trinajstić information content (AvgIpc) is 3.05. The van der Waals surface area contributed by atoms with Crippen molar-refractivity contribution in [2.24, 2.45) is 5.92 Å². The molecular weight excluding hydrogens is 586 g/mol. The molecule has 0 unspecified atom stereocenters. The topological polar surface area (TPSA) is 112 Å². The minimum atomic E-state index is -4.56. The summed E-state index contributed by atoms with van der Waals surface area (Å²) >= 11 is 0. The van der Waals surface area contributed by atoms with E-state index in [-0.39, 0.29) is 29.2 Å². The number of aromatic nitrogens is 2. The second kappa shape index (κ2) is 14.7. The van der Waals surface area contributed by atoms with Gasteiger partial charge >= 0.3 is 13.8 Å². The predicted octanol–water partition coefficient (Wildman–Crippen LogP) is 4.39. The molecule has 2 saturated heterocycles. The molecule has 4 heterocycles. The quantitative estimate of drug-likeness (QED) is 0.286. The summed E-state index contributed by atoms with van der Waals surface area (Å²) in [4.78, 5) is 38.6. The number of hydrogen-bond donors (Lipinski definition) is 3. The highest BCUT2D eigenvalue weighted by Gasteiger charge is 2.33. The maximum Gasteiger partial charge on any atom is 0.416 e. The third-order valence-electron chi connectivity index (χ3n) is 8.22. The van der Waals surface area contributed by atoms with Gasteiger partial charge in [0.25, 0.3) is 5.91 Å². The normalized spacial score (nSPS) is 16.7. The Kier molecular flexibility index (Phi) is 10.6. The Morgan fingerprint density at radius 3 is 2.42 bits per heavy atom. The van der Waals surface area contributed by atoms with Crippen molar-refractivity contribution in [1.29, 1.82) is 0 Å². The summed E-state index contributed by atoms with van der Waals surface area (Å²) in [6.07, 6.45) is 1.53. The zero-order chi connectivity index (χ0) is 31.8. The van der Waals surface area contributed by atoms with E-state index in [9.17, 15) is 22.8 Å². The molecule has 2 amide bonds. The molecule has 3 N–H and O–H groups in total. The SMILES string of the molecule is COBNc1cc(CN2CCC(C(=O)N3CCC(Nc4ccc(C(F)(F)F)cc4NC(=O)c4ccccn4)CC3)CC2)ccn1. The number of likely N-dealkylation sites (tertiary alicyclic amines) is 2. The molecule has 1 aromatic carbocycles. The maximum atomic E-state index is 13.5. The van der Waals surface area contributed by atoms with Crippen molar-refractivity contribution in [2.45, 2.75) is 44.4 Å². The van der Waals surface area contributed by atoms with Crippen LogP contribution in [0.3, 0.4) is 0 Å². The lowest BCUT2D eigenvalue weighted by molar-refractivity contribution is -0.138. The van der Waals surface area contributed by atoms with Crippen LogP contribution < -0.4 is 15.9 Å².